The zero-order valence-corrected chi connectivity index (χ0v) is 12.3. The molecule has 0 aliphatic carbocycles. The highest BCUT2D eigenvalue weighted by Gasteiger charge is 2.26. The molecule has 0 aliphatic heterocycles. The van der Waals surface area contributed by atoms with E-state index in [1.54, 1.807) is 11.9 Å². The van der Waals surface area contributed by atoms with Crippen LogP contribution in [0.5, 0.6) is 0 Å². The molecule has 1 rings (SSSR count). The second-order valence-electron chi connectivity index (χ2n) is 4.98. The summed E-state index contributed by atoms with van der Waals surface area (Å²) in [7, 11) is 1.79. The molecule has 0 saturated heterocycles. The molecule has 0 heterocycles. The maximum absolute atomic E-state index is 12.5. The van der Waals surface area contributed by atoms with Crippen LogP contribution in [0.25, 0.3) is 0 Å². The minimum Gasteiger partial charge on any atom is -0.368 e. The summed E-state index contributed by atoms with van der Waals surface area (Å²) in [5.41, 5.74) is 6.26. The van der Waals surface area contributed by atoms with Crippen LogP contribution in [-0.4, -0.2) is 36.9 Å². The molecule has 1 unspecified atom stereocenters. The number of benzene rings is 1. The monoisotopic (exact) mass is 277 g/mol. The van der Waals surface area contributed by atoms with Gasteiger partial charge in [-0.1, -0.05) is 37.3 Å². The first-order chi connectivity index (χ1) is 9.47. The molecule has 0 spiro atoms. The average Bonchev–Trinajstić information content (AvgIpc) is 2.44. The molecule has 1 aromatic carbocycles. The van der Waals surface area contributed by atoms with Crippen molar-refractivity contribution < 1.29 is 9.59 Å². The van der Waals surface area contributed by atoms with Gasteiger partial charge in [0, 0.05) is 12.5 Å². The van der Waals surface area contributed by atoms with Gasteiger partial charge in [0.2, 0.25) is 11.8 Å². The predicted molar refractivity (Wildman–Crippen MR) is 78.9 cm³/mol. The number of hydrogen-bond acceptors (Lipinski definition) is 3. The Bertz CT molecular complexity index is 448. The first kappa shape index (κ1) is 16.2. The van der Waals surface area contributed by atoms with Crippen LogP contribution in [0.2, 0.25) is 0 Å². The Labute approximate surface area is 120 Å². The van der Waals surface area contributed by atoms with Crippen molar-refractivity contribution in [3.8, 4) is 0 Å². The van der Waals surface area contributed by atoms with Crippen molar-refractivity contribution in [1.82, 2.24) is 10.2 Å². The van der Waals surface area contributed by atoms with Crippen molar-refractivity contribution in [2.75, 3.05) is 20.1 Å². The number of hydrogen-bond donors (Lipinski definition) is 2. The molecule has 2 amide bonds. The molecule has 1 aromatic rings. The Balaban J connectivity index is 2.94. The third-order valence-electron chi connectivity index (χ3n) is 3.29. The van der Waals surface area contributed by atoms with Crippen molar-refractivity contribution in [3.63, 3.8) is 0 Å². The molecule has 2 atom stereocenters. The lowest BCUT2D eigenvalue weighted by atomic mass is 10.0. The van der Waals surface area contributed by atoms with E-state index in [1.807, 2.05) is 44.2 Å². The maximum Gasteiger partial charge on any atom is 0.237 e. The highest BCUT2D eigenvalue weighted by molar-refractivity contribution is 5.85. The van der Waals surface area contributed by atoms with Gasteiger partial charge in [-0.05, 0) is 19.5 Å². The summed E-state index contributed by atoms with van der Waals surface area (Å²) in [6.45, 7) is 4.24. The van der Waals surface area contributed by atoms with Crippen LogP contribution >= 0.6 is 0 Å². The van der Waals surface area contributed by atoms with Gasteiger partial charge in [0.1, 0.15) is 0 Å². The number of carbonyl (C=O) groups is 2. The van der Waals surface area contributed by atoms with Crippen LogP contribution in [-0.2, 0) is 9.59 Å². The molecule has 5 heteroatoms. The first-order valence-corrected chi connectivity index (χ1v) is 6.75. The minimum absolute atomic E-state index is 0.0665. The quantitative estimate of drug-likeness (QED) is 0.778. The smallest absolute Gasteiger partial charge is 0.237 e. The SMILES string of the molecule is CNCC(C)C(=O)N(CC(N)=O)[C@H](C)c1ccccc1. The van der Waals surface area contributed by atoms with Gasteiger partial charge in [-0.25, -0.2) is 0 Å². The van der Waals surface area contributed by atoms with Crippen LogP contribution in [0.4, 0.5) is 0 Å². The molecule has 20 heavy (non-hydrogen) atoms. The summed E-state index contributed by atoms with van der Waals surface area (Å²) >= 11 is 0. The minimum atomic E-state index is -0.502. The zero-order valence-electron chi connectivity index (χ0n) is 12.3. The Morgan fingerprint density at radius 1 is 1.25 bits per heavy atom. The number of rotatable bonds is 7. The van der Waals surface area contributed by atoms with Gasteiger partial charge in [0.15, 0.2) is 0 Å². The largest absolute Gasteiger partial charge is 0.368 e. The molecule has 0 aromatic heterocycles. The van der Waals surface area contributed by atoms with Crippen molar-refractivity contribution in [2.45, 2.75) is 19.9 Å². The summed E-state index contributed by atoms with van der Waals surface area (Å²) in [5.74, 6) is -0.780. The Kier molecular flexibility index (Phi) is 6.18. The number of nitrogens with one attached hydrogen (secondary N) is 1. The first-order valence-electron chi connectivity index (χ1n) is 6.75. The van der Waals surface area contributed by atoms with Gasteiger partial charge >= 0.3 is 0 Å². The summed E-state index contributed by atoms with van der Waals surface area (Å²) < 4.78 is 0. The number of carbonyl (C=O) groups excluding carboxylic acids is 2. The van der Waals surface area contributed by atoms with Crippen LogP contribution in [0, 0.1) is 5.92 Å². The third kappa shape index (κ3) is 4.35. The molecule has 110 valence electrons. The fourth-order valence-corrected chi connectivity index (χ4v) is 2.16. The highest BCUT2D eigenvalue weighted by atomic mass is 16.2. The van der Waals surface area contributed by atoms with E-state index in [0.29, 0.717) is 6.54 Å². The van der Waals surface area contributed by atoms with E-state index >= 15 is 0 Å². The van der Waals surface area contributed by atoms with E-state index in [-0.39, 0.29) is 24.4 Å². The van der Waals surface area contributed by atoms with Gasteiger partial charge < -0.3 is 16.0 Å². The summed E-state index contributed by atoms with van der Waals surface area (Å²) in [5, 5.41) is 2.97. The second-order valence-corrected chi connectivity index (χ2v) is 4.98. The maximum atomic E-state index is 12.5. The molecule has 0 fully saturated rings. The van der Waals surface area contributed by atoms with Gasteiger partial charge in [0.25, 0.3) is 0 Å². The highest BCUT2D eigenvalue weighted by Crippen LogP contribution is 2.21. The van der Waals surface area contributed by atoms with Gasteiger partial charge in [-0.15, -0.1) is 0 Å². The number of primary amides is 1. The van der Waals surface area contributed by atoms with Crippen molar-refractivity contribution in [3.05, 3.63) is 35.9 Å². The van der Waals surface area contributed by atoms with Gasteiger partial charge in [-0.2, -0.15) is 0 Å². The lowest BCUT2D eigenvalue weighted by Gasteiger charge is -2.31. The number of nitrogens with zero attached hydrogens (tertiary/aromatic N) is 1. The zero-order chi connectivity index (χ0) is 15.1. The van der Waals surface area contributed by atoms with E-state index in [1.165, 1.54) is 0 Å². The topological polar surface area (TPSA) is 75.4 Å². The Morgan fingerprint density at radius 2 is 1.85 bits per heavy atom. The van der Waals surface area contributed by atoms with Crippen molar-refractivity contribution >= 4 is 11.8 Å². The Hall–Kier alpha value is -1.88. The average molecular weight is 277 g/mol. The van der Waals surface area contributed by atoms with E-state index in [0.717, 1.165) is 5.56 Å². The van der Waals surface area contributed by atoms with Crippen LogP contribution < -0.4 is 11.1 Å². The fourth-order valence-electron chi connectivity index (χ4n) is 2.16. The molecule has 0 saturated carbocycles. The lowest BCUT2D eigenvalue weighted by Crippen LogP contribution is -2.44. The van der Waals surface area contributed by atoms with Crippen molar-refractivity contribution in [1.29, 1.82) is 0 Å². The summed E-state index contributed by atoms with van der Waals surface area (Å²) in [6, 6.07) is 9.44. The number of nitrogens with two attached hydrogens (primary N) is 1. The molecular weight excluding hydrogens is 254 g/mol. The molecule has 5 nitrogen and oxygen atoms in total. The molecule has 0 aliphatic rings. The van der Waals surface area contributed by atoms with Gasteiger partial charge in [-0.3, -0.25) is 9.59 Å². The van der Waals surface area contributed by atoms with Crippen LogP contribution in [0.1, 0.15) is 25.5 Å². The Morgan fingerprint density at radius 3 is 2.35 bits per heavy atom. The van der Waals surface area contributed by atoms with E-state index in [9.17, 15) is 9.59 Å². The summed E-state index contributed by atoms with van der Waals surface area (Å²) in [4.78, 5) is 25.2. The third-order valence-corrected chi connectivity index (χ3v) is 3.29. The normalized spacial score (nSPS) is 13.6. The molecule has 3 N–H and O–H groups in total. The standard InChI is InChI=1S/C15H23N3O2/c1-11(9-17-3)15(20)18(10-14(16)19)12(2)13-7-5-4-6-8-13/h4-8,11-12,17H,9-10H2,1-3H3,(H2,16,19)/t11?,12-/m1/s1. The number of amides is 2. The van der Waals surface area contributed by atoms with E-state index in [2.05, 4.69) is 5.32 Å². The fraction of sp³-hybridized carbons (Fsp3) is 0.467. The van der Waals surface area contributed by atoms with Crippen LogP contribution in [0.3, 0.4) is 0 Å². The van der Waals surface area contributed by atoms with E-state index in [4.69, 9.17) is 5.73 Å². The lowest BCUT2D eigenvalue weighted by molar-refractivity contribution is -0.140. The molecular formula is C15H23N3O2. The van der Waals surface area contributed by atoms with E-state index < -0.39 is 5.91 Å². The van der Waals surface area contributed by atoms with Gasteiger partial charge in [0.05, 0.1) is 12.6 Å². The molecule has 0 bridgehead atoms. The van der Waals surface area contributed by atoms with Crippen LogP contribution in [0.15, 0.2) is 30.3 Å². The predicted octanol–water partition coefficient (Wildman–Crippen LogP) is 0.917. The van der Waals surface area contributed by atoms with Crippen molar-refractivity contribution in [2.24, 2.45) is 11.7 Å². The second kappa shape index (κ2) is 7.65. The molecule has 0 radical (unpaired) electrons. The summed E-state index contributed by atoms with van der Waals surface area (Å²) in [6.07, 6.45) is 0.